The average Bonchev–Trinajstić information content (AvgIpc) is 2.87. The van der Waals surface area contributed by atoms with Crippen LogP contribution in [-0.4, -0.2) is 73.9 Å². The third kappa shape index (κ3) is 3.69. The molecule has 19 heavy (non-hydrogen) atoms. The largest absolute Gasteiger partial charge is 0.379 e. The highest BCUT2D eigenvalue weighted by Crippen LogP contribution is 2.26. The van der Waals surface area contributed by atoms with Crippen molar-refractivity contribution >= 4 is 0 Å². The lowest BCUT2D eigenvalue weighted by atomic mass is 9.97. The van der Waals surface area contributed by atoms with Crippen LogP contribution in [0.2, 0.25) is 0 Å². The standard InChI is InChI=1S/C15H29N3O/c1-13(12-17-7-9-19-10-8-17)16-14-4-6-18-5-2-3-15(18)11-14/h13-16H,2-12H2,1H3. The second kappa shape index (κ2) is 6.53. The van der Waals surface area contributed by atoms with E-state index in [1.165, 1.54) is 45.3 Å². The molecule has 4 nitrogen and oxygen atoms in total. The summed E-state index contributed by atoms with van der Waals surface area (Å²) in [4.78, 5) is 5.23. The molecule has 0 saturated carbocycles. The Hall–Kier alpha value is -0.160. The summed E-state index contributed by atoms with van der Waals surface area (Å²) in [5, 5.41) is 3.87. The molecule has 0 radical (unpaired) electrons. The molecular formula is C15H29N3O. The Bertz CT molecular complexity index is 281. The third-order valence-corrected chi connectivity index (χ3v) is 4.98. The first kappa shape index (κ1) is 13.8. The summed E-state index contributed by atoms with van der Waals surface area (Å²) in [6, 6.07) is 2.23. The molecule has 3 rings (SSSR count). The minimum atomic E-state index is 0.607. The van der Waals surface area contributed by atoms with Crippen LogP contribution in [0.1, 0.15) is 32.6 Å². The SMILES string of the molecule is CC(CN1CCOCC1)NC1CCN2CCCC2C1. The van der Waals surface area contributed by atoms with Crippen LogP contribution in [-0.2, 0) is 4.74 Å². The van der Waals surface area contributed by atoms with Gasteiger partial charge in [0.25, 0.3) is 0 Å². The fourth-order valence-corrected chi connectivity index (χ4v) is 4.00. The molecule has 0 aliphatic carbocycles. The van der Waals surface area contributed by atoms with Gasteiger partial charge in [0.2, 0.25) is 0 Å². The van der Waals surface area contributed by atoms with Crippen molar-refractivity contribution in [3.63, 3.8) is 0 Å². The number of nitrogens with zero attached hydrogens (tertiary/aromatic N) is 2. The summed E-state index contributed by atoms with van der Waals surface area (Å²) in [7, 11) is 0. The van der Waals surface area contributed by atoms with E-state index < -0.39 is 0 Å². The Morgan fingerprint density at radius 3 is 2.84 bits per heavy atom. The second-order valence-electron chi connectivity index (χ2n) is 6.53. The predicted molar refractivity (Wildman–Crippen MR) is 77.5 cm³/mol. The van der Waals surface area contributed by atoms with Crippen molar-refractivity contribution < 1.29 is 4.74 Å². The van der Waals surface area contributed by atoms with Crippen LogP contribution < -0.4 is 5.32 Å². The topological polar surface area (TPSA) is 27.7 Å². The molecular weight excluding hydrogens is 238 g/mol. The van der Waals surface area contributed by atoms with Crippen LogP contribution >= 0.6 is 0 Å². The lowest BCUT2D eigenvalue weighted by molar-refractivity contribution is 0.0330. The van der Waals surface area contributed by atoms with E-state index in [0.717, 1.165) is 38.4 Å². The number of morpholine rings is 1. The summed E-state index contributed by atoms with van der Waals surface area (Å²) >= 11 is 0. The van der Waals surface area contributed by atoms with Gasteiger partial charge in [-0.05, 0) is 45.7 Å². The van der Waals surface area contributed by atoms with Gasteiger partial charge in [0.15, 0.2) is 0 Å². The zero-order valence-electron chi connectivity index (χ0n) is 12.3. The predicted octanol–water partition coefficient (Wildman–Crippen LogP) is 0.924. The molecule has 0 amide bonds. The summed E-state index contributed by atoms with van der Waals surface area (Å²) in [5.74, 6) is 0. The molecule has 1 N–H and O–H groups in total. The van der Waals surface area contributed by atoms with Crippen molar-refractivity contribution in [1.29, 1.82) is 0 Å². The smallest absolute Gasteiger partial charge is 0.0594 e. The number of nitrogens with one attached hydrogen (secondary N) is 1. The molecule has 3 unspecified atom stereocenters. The highest BCUT2D eigenvalue weighted by molar-refractivity contribution is 4.90. The van der Waals surface area contributed by atoms with Gasteiger partial charge in [0.05, 0.1) is 13.2 Å². The average molecular weight is 267 g/mol. The number of hydrogen-bond acceptors (Lipinski definition) is 4. The lowest BCUT2D eigenvalue weighted by Crippen LogP contribution is -2.51. The van der Waals surface area contributed by atoms with Crippen molar-refractivity contribution in [1.82, 2.24) is 15.1 Å². The first-order chi connectivity index (χ1) is 9.31. The Morgan fingerprint density at radius 2 is 2.00 bits per heavy atom. The second-order valence-corrected chi connectivity index (χ2v) is 6.53. The summed E-state index contributed by atoms with van der Waals surface area (Å²) in [5.41, 5.74) is 0. The van der Waals surface area contributed by atoms with Gasteiger partial charge >= 0.3 is 0 Å². The molecule has 3 aliphatic heterocycles. The number of fused-ring (bicyclic) bond motifs is 1. The minimum absolute atomic E-state index is 0.607. The Balaban J connectivity index is 1.40. The summed E-state index contributed by atoms with van der Waals surface area (Å²) in [6.45, 7) is 10.2. The van der Waals surface area contributed by atoms with Crippen LogP contribution in [0.25, 0.3) is 0 Å². The van der Waals surface area contributed by atoms with Crippen molar-refractivity contribution in [3.05, 3.63) is 0 Å². The van der Waals surface area contributed by atoms with Crippen molar-refractivity contribution in [2.75, 3.05) is 45.9 Å². The molecule has 0 bridgehead atoms. The molecule has 3 heterocycles. The van der Waals surface area contributed by atoms with Crippen LogP contribution in [0.5, 0.6) is 0 Å². The van der Waals surface area contributed by atoms with E-state index in [0.29, 0.717) is 6.04 Å². The van der Waals surface area contributed by atoms with E-state index in [-0.39, 0.29) is 0 Å². The van der Waals surface area contributed by atoms with Gasteiger partial charge < -0.3 is 15.0 Å². The fraction of sp³-hybridized carbons (Fsp3) is 1.00. The van der Waals surface area contributed by atoms with Crippen LogP contribution in [0.15, 0.2) is 0 Å². The Morgan fingerprint density at radius 1 is 1.16 bits per heavy atom. The van der Waals surface area contributed by atoms with Crippen molar-refractivity contribution in [2.45, 2.75) is 50.7 Å². The maximum absolute atomic E-state index is 5.41. The molecule has 0 aromatic rings. The summed E-state index contributed by atoms with van der Waals surface area (Å²) < 4.78 is 5.41. The first-order valence-electron chi connectivity index (χ1n) is 8.11. The van der Waals surface area contributed by atoms with Crippen LogP contribution in [0.4, 0.5) is 0 Å². The van der Waals surface area contributed by atoms with Gasteiger partial charge in [-0.2, -0.15) is 0 Å². The molecule has 3 atom stereocenters. The number of rotatable bonds is 4. The highest BCUT2D eigenvalue weighted by Gasteiger charge is 2.32. The molecule has 3 fully saturated rings. The first-order valence-corrected chi connectivity index (χ1v) is 8.11. The molecule has 3 saturated heterocycles. The molecule has 0 spiro atoms. The maximum Gasteiger partial charge on any atom is 0.0594 e. The Labute approximate surface area is 117 Å². The van der Waals surface area contributed by atoms with Gasteiger partial charge in [-0.15, -0.1) is 0 Å². The van der Waals surface area contributed by atoms with Crippen LogP contribution in [0, 0.1) is 0 Å². The molecule has 110 valence electrons. The van der Waals surface area contributed by atoms with Gasteiger partial charge in [-0.1, -0.05) is 0 Å². The van der Waals surface area contributed by atoms with Gasteiger partial charge in [-0.3, -0.25) is 4.90 Å². The number of hydrogen-bond donors (Lipinski definition) is 1. The third-order valence-electron chi connectivity index (χ3n) is 4.98. The monoisotopic (exact) mass is 267 g/mol. The van der Waals surface area contributed by atoms with E-state index in [1.54, 1.807) is 0 Å². The normalized spacial score (nSPS) is 35.2. The lowest BCUT2D eigenvalue weighted by Gasteiger charge is -2.37. The molecule has 3 aliphatic rings. The fourth-order valence-electron chi connectivity index (χ4n) is 4.00. The number of piperidine rings is 1. The van der Waals surface area contributed by atoms with Gasteiger partial charge in [0.1, 0.15) is 0 Å². The summed E-state index contributed by atoms with van der Waals surface area (Å²) in [6.07, 6.45) is 5.55. The minimum Gasteiger partial charge on any atom is -0.379 e. The van der Waals surface area contributed by atoms with Crippen molar-refractivity contribution in [2.24, 2.45) is 0 Å². The van der Waals surface area contributed by atoms with E-state index in [1.807, 2.05) is 0 Å². The zero-order chi connectivity index (χ0) is 13.1. The molecule has 0 aromatic heterocycles. The Kier molecular flexibility index (Phi) is 4.74. The zero-order valence-corrected chi connectivity index (χ0v) is 12.3. The van der Waals surface area contributed by atoms with E-state index in [4.69, 9.17) is 4.74 Å². The molecule has 0 aromatic carbocycles. The van der Waals surface area contributed by atoms with E-state index in [9.17, 15) is 0 Å². The number of ether oxygens (including phenoxy) is 1. The van der Waals surface area contributed by atoms with Crippen molar-refractivity contribution in [3.8, 4) is 0 Å². The van der Waals surface area contributed by atoms with Crippen LogP contribution in [0.3, 0.4) is 0 Å². The van der Waals surface area contributed by atoms with Gasteiger partial charge in [-0.25, -0.2) is 0 Å². The maximum atomic E-state index is 5.41. The quantitative estimate of drug-likeness (QED) is 0.820. The molecule has 4 heteroatoms. The highest BCUT2D eigenvalue weighted by atomic mass is 16.5. The van der Waals surface area contributed by atoms with Gasteiger partial charge in [0, 0.05) is 37.8 Å². The van der Waals surface area contributed by atoms with E-state index in [2.05, 4.69) is 22.0 Å². The van der Waals surface area contributed by atoms with E-state index >= 15 is 0 Å².